The number of halogens is 3. The van der Waals surface area contributed by atoms with Crippen LogP contribution in [0.4, 0.5) is 14.5 Å². The molecule has 0 aliphatic rings. The van der Waals surface area contributed by atoms with Gasteiger partial charge >= 0.3 is 0 Å². The molecule has 2 rings (SSSR count). The Morgan fingerprint density at radius 2 is 1.92 bits per heavy atom. The van der Waals surface area contributed by atoms with Crippen LogP contribution in [-0.2, 0) is 21.1 Å². The van der Waals surface area contributed by atoms with E-state index >= 15 is 0 Å². The minimum atomic E-state index is -3.44. The molecule has 2 aromatic rings. The lowest BCUT2D eigenvalue weighted by atomic mass is 10.1. The van der Waals surface area contributed by atoms with Gasteiger partial charge in [-0.25, -0.2) is 17.2 Å². The third kappa shape index (κ3) is 4.52. The van der Waals surface area contributed by atoms with Crippen LogP contribution < -0.4 is 5.32 Å². The van der Waals surface area contributed by atoms with E-state index in [9.17, 15) is 22.0 Å². The highest BCUT2D eigenvalue weighted by Gasteiger charge is 2.13. The van der Waals surface area contributed by atoms with E-state index in [-0.39, 0.29) is 34.0 Å². The quantitative estimate of drug-likeness (QED) is 0.871. The first-order chi connectivity index (χ1) is 11.2. The van der Waals surface area contributed by atoms with Gasteiger partial charge in [-0.05, 0) is 36.2 Å². The average molecular weight is 374 g/mol. The van der Waals surface area contributed by atoms with Crippen molar-refractivity contribution in [2.24, 2.45) is 0 Å². The maximum absolute atomic E-state index is 13.5. The fraction of sp³-hybridized carbons (Fsp3) is 0.188. The maximum atomic E-state index is 13.5. The first-order valence-corrected chi connectivity index (χ1v) is 9.18. The van der Waals surface area contributed by atoms with Gasteiger partial charge in [0.15, 0.2) is 21.5 Å². The summed E-state index contributed by atoms with van der Waals surface area (Å²) in [5.74, 6) is -2.45. The van der Waals surface area contributed by atoms with Crippen LogP contribution in [0.25, 0.3) is 0 Å². The molecule has 0 saturated heterocycles. The number of aryl methyl sites for hydroxylation is 1. The number of benzene rings is 2. The average Bonchev–Trinajstić information content (AvgIpc) is 2.50. The normalized spacial score (nSPS) is 11.3. The molecule has 8 heteroatoms. The Balaban J connectivity index is 2.09. The monoisotopic (exact) mass is 373 g/mol. The molecule has 0 unspecified atom stereocenters. The topological polar surface area (TPSA) is 63.2 Å². The SMILES string of the molecule is CS(=O)(=O)c1ccc(Cl)c(NC(=O)CCc2cccc(F)c2F)c1. The molecule has 0 aliphatic heterocycles. The van der Waals surface area contributed by atoms with Gasteiger partial charge in [-0.3, -0.25) is 4.79 Å². The second kappa shape index (κ2) is 7.27. The molecule has 0 radical (unpaired) electrons. The third-order valence-corrected chi connectivity index (χ3v) is 4.73. The maximum Gasteiger partial charge on any atom is 0.224 e. The molecule has 128 valence electrons. The van der Waals surface area contributed by atoms with Gasteiger partial charge in [0.1, 0.15) is 0 Å². The van der Waals surface area contributed by atoms with E-state index < -0.39 is 27.4 Å². The number of hydrogen-bond donors (Lipinski definition) is 1. The lowest BCUT2D eigenvalue weighted by molar-refractivity contribution is -0.116. The Hall–Kier alpha value is -1.99. The van der Waals surface area contributed by atoms with E-state index in [0.717, 1.165) is 12.3 Å². The van der Waals surface area contributed by atoms with Crippen LogP contribution in [0.3, 0.4) is 0 Å². The van der Waals surface area contributed by atoms with Gasteiger partial charge in [-0.1, -0.05) is 23.7 Å². The number of rotatable bonds is 5. The van der Waals surface area contributed by atoms with E-state index in [4.69, 9.17) is 11.6 Å². The Morgan fingerprint density at radius 1 is 1.21 bits per heavy atom. The van der Waals surface area contributed by atoms with Gasteiger partial charge in [0.2, 0.25) is 5.91 Å². The summed E-state index contributed by atoms with van der Waals surface area (Å²) in [4.78, 5) is 12.0. The zero-order valence-electron chi connectivity index (χ0n) is 12.6. The number of amides is 1. The molecule has 1 N–H and O–H groups in total. The number of hydrogen-bond acceptors (Lipinski definition) is 3. The van der Waals surface area contributed by atoms with Crippen molar-refractivity contribution in [3.8, 4) is 0 Å². The summed E-state index contributed by atoms with van der Waals surface area (Å²) < 4.78 is 49.7. The second-order valence-corrected chi connectivity index (χ2v) is 7.60. The van der Waals surface area contributed by atoms with Crippen LogP contribution in [0, 0.1) is 11.6 Å². The van der Waals surface area contributed by atoms with Crippen molar-refractivity contribution in [1.82, 2.24) is 0 Å². The van der Waals surface area contributed by atoms with Gasteiger partial charge in [0, 0.05) is 12.7 Å². The molecule has 4 nitrogen and oxygen atoms in total. The molecule has 0 spiro atoms. The largest absolute Gasteiger partial charge is 0.325 e. The van der Waals surface area contributed by atoms with Crippen LogP contribution >= 0.6 is 11.6 Å². The summed E-state index contributed by atoms with van der Waals surface area (Å²) >= 11 is 5.93. The molecule has 0 saturated carbocycles. The third-order valence-electron chi connectivity index (χ3n) is 3.29. The first kappa shape index (κ1) is 18.4. The Bertz CT molecular complexity index is 885. The van der Waals surface area contributed by atoms with Gasteiger partial charge in [0.05, 0.1) is 15.6 Å². The Kier molecular flexibility index (Phi) is 5.56. The minimum Gasteiger partial charge on any atom is -0.325 e. The lowest BCUT2D eigenvalue weighted by Gasteiger charge is -2.09. The smallest absolute Gasteiger partial charge is 0.224 e. The van der Waals surface area contributed by atoms with E-state index in [1.165, 1.54) is 30.3 Å². The number of sulfone groups is 1. The van der Waals surface area contributed by atoms with Gasteiger partial charge in [0.25, 0.3) is 0 Å². The summed E-state index contributed by atoms with van der Waals surface area (Å²) in [7, 11) is -3.44. The van der Waals surface area contributed by atoms with Crippen LogP contribution in [0.5, 0.6) is 0 Å². The van der Waals surface area contributed by atoms with Crippen molar-refractivity contribution in [3.63, 3.8) is 0 Å². The van der Waals surface area contributed by atoms with Crippen molar-refractivity contribution in [3.05, 3.63) is 58.6 Å². The molecule has 0 fully saturated rings. The van der Waals surface area contributed by atoms with Crippen molar-refractivity contribution in [2.45, 2.75) is 17.7 Å². The second-order valence-electron chi connectivity index (χ2n) is 5.17. The zero-order valence-corrected chi connectivity index (χ0v) is 14.2. The number of carbonyl (C=O) groups is 1. The van der Waals surface area contributed by atoms with Crippen molar-refractivity contribution >= 4 is 33.0 Å². The standard InChI is InChI=1S/C16H14ClF2NO3S/c1-24(22,23)11-6-7-12(17)14(9-11)20-15(21)8-5-10-3-2-4-13(18)16(10)19/h2-4,6-7,9H,5,8H2,1H3,(H,20,21). The van der Waals surface area contributed by atoms with Crippen LogP contribution in [0.1, 0.15) is 12.0 Å². The summed E-state index contributed by atoms with van der Waals surface area (Å²) in [5.41, 5.74) is 0.227. The predicted molar refractivity (Wildman–Crippen MR) is 87.9 cm³/mol. The molecule has 0 aliphatic carbocycles. The highest BCUT2D eigenvalue weighted by Crippen LogP contribution is 2.25. The van der Waals surface area contributed by atoms with E-state index in [2.05, 4.69) is 5.32 Å². The molecular formula is C16H14ClF2NO3S. The van der Waals surface area contributed by atoms with E-state index in [0.29, 0.717) is 0 Å². The van der Waals surface area contributed by atoms with Gasteiger partial charge in [-0.2, -0.15) is 0 Å². The summed E-state index contributed by atoms with van der Waals surface area (Å²) in [6, 6.07) is 7.68. The molecule has 0 atom stereocenters. The van der Waals surface area contributed by atoms with Gasteiger partial charge < -0.3 is 5.32 Å². The minimum absolute atomic E-state index is 0.00118. The number of nitrogens with one attached hydrogen (secondary N) is 1. The van der Waals surface area contributed by atoms with Crippen molar-refractivity contribution in [2.75, 3.05) is 11.6 Å². The van der Waals surface area contributed by atoms with E-state index in [1.54, 1.807) is 0 Å². The molecule has 0 bridgehead atoms. The highest BCUT2D eigenvalue weighted by molar-refractivity contribution is 7.90. The Labute approximate surface area is 143 Å². The first-order valence-electron chi connectivity index (χ1n) is 6.91. The van der Waals surface area contributed by atoms with Crippen molar-refractivity contribution < 1.29 is 22.0 Å². The van der Waals surface area contributed by atoms with Crippen LogP contribution in [-0.4, -0.2) is 20.6 Å². The molecule has 1 amide bonds. The summed E-state index contributed by atoms with van der Waals surface area (Å²) in [6.07, 6.45) is 0.924. The fourth-order valence-electron chi connectivity index (χ4n) is 2.03. The van der Waals surface area contributed by atoms with E-state index in [1.807, 2.05) is 0 Å². The molecule has 0 heterocycles. The van der Waals surface area contributed by atoms with Gasteiger partial charge in [-0.15, -0.1) is 0 Å². The molecular weight excluding hydrogens is 360 g/mol. The fourth-order valence-corrected chi connectivity index (χ4v) is 2.85. The lowest BCUT2D eigenvalue weighted by Crippen LogP contribution is -2.13. The van der Waals surface area contributed by atoms with Crippen LogP contribution in [0.2, 0.25) is 5.02 Å². The number of anilines is 1. The summed E-state index contributed by atoms with van der Waals surface area (Å²) in [5, 5.41) is 2.65. The highest BCUT2D eigenvalue weighted by atomic mass is 35.5. The molecule has 24 heavy (non-hydrogen) atoms. The van der Waals surface area contributed by atoms with Crippen molar-refractivity contribution in [1.29, 1.82) is 0 Å². The number of carbonyl (C=O) groups excluding carboxylic acids is 1. The molecule has 0 aromatic heterocycles. The van der Waals surface area contributed by atoms with Crippen LogP contribution in [0.15, 0.2) is 41.3 Å². The predicted octanol–water partition coefficient (Wildman–Crippen LogP) is 3.59. The Morgan fingerprint density at radius 3 is 2.58 bits per heavy atom. The zero-order chi connectivity index (χ0) is 17.9. The summed E-state index contributed by atoms with van der Waals surface area (Å²) in [6.45, 7) is 0. The molecule has 2 aromatic carbocycles.